The molecule has 0 atom stereocenters. The number of ether oxygens (including phenoxy) is 1. The summed E-state index contributed by atoms with van der Waals surface area (Å²) in [7, 11) is -1.10. The number of hydrogen-bond acceptors (Lipinski definition) is 4. The molecule has 5 nitrogen and oxygen atoms in total. The van der Waals surface area contributed by atoms with Crippen LogP contribution < -0.4 is 5.73 Å². The minimum Gasteiger partial charge on any atom is -0.399 e. The van der Waals surface area contributed by atoms with Gasteiger partial charge in [0.1, 0.15) is 18.1 Å². The van der Waals surface area contributed by atoms with Crippen molar-refractivity contribution in [2.45, 2.75) is 32.4 Å². The molecule has 3 aromatic rings. The van der Waals surface area contributed by atoms with Crippen LogP contribution in [-0.2, 0) is 11.5 Å². The number of anilines is 1. The lowest BCUT2D eigenvalue weighted by molar-refractivity contribution is 0.0906. The summed E-state index contributed by atoms with van der Waals surface area (Å²) in [4.78, 5) is 9.21. The minimum atomic E-state index is -1.10. The molecule has 24 heavy (non-hydrogen) atoms. The van der Waals surface area contributed by atoms with E-state index in [1.54, 1.807) is 6.20 Å². The van der Waals surface area contributed by atoms with Gasteiger partial charge in [-0.3, -0.25) is 4.57 Å². The van der Waals surface area contributed by atoms with E-state index in [-0.39, 0.29) is 0 Å². The zero-order valence-corrected chi connectivity index (χ0v) is 15.5. The van der Waals surface area contributed by atoms with Crippen molar-refractivity contribution in [2.24, 2.45) is 0 Å². The first-order chi connectivity index (χ1) is 11.4. The van der Waals surface area contributed by atoms with E-state index in [2.05, 4.69) is 24.6 Å². The van der Waals surface area contributed by atoms with Crippen molar-refractivity contribution in [3.05, 3.63) is 42.6 Å². The van der Waals surface area contributed by atoms with Crippen LogP contribution in [0.3, 0.4) is 0 Å². The Labute approximate surface area is 143 Å². The van der Waals surface area contributed by atoms with E-state index in [0.717, 1.165) is 40.9 Å². The Hall–Kier alpha value is -2.18. The summed E-state index contributed by atoms with van der Waals surface area (Å²) < 4.78 is 7.97. The van der Waals surface area contributed by atoms with Crippen LogP contribution in [-0.4, -0.2) is 29.2 Å². The fraction of sp³-hybridized carbons (Fsp3) is 0.333. The summed E-state index contributed by atoms with van der Waals surface area (Å²) >= 11 is 0. The van der Waals surface area contributed by atoms with E-state index >= 15 is 0 Å². The van der Waals surface area contributed by atoms with E-state index in [9.17, 15) is 0 Å². The van der Waals surface area contributed by atoms with Crippen LogP contribution in [0.5, 0.6) is 0 Å². The van der Waals surface area contributed by atoms with Gasteiger partial charge in [-0.25, -0.2) is 9.97 Å². The molecular weight excluding hydrogens is 316 g/mol. The van der Waals surface area contributed by atoms with Gasteiger partial charge < -0.3 is 10.5 Å². The maximum Gasteiger partial charge on any atom is 0.162 e. The van der Waals surface area contributed by atoms with Gasteiger partial charge in [0.05, 0.1) is 0 Å². The summed E-state index contributed by atoms with van der Waals surface area (Å²) in [6.07, 6.45) is 1.79. The minimum absolute atomic E-state index is 0.456. The smallest absolute Gasteiger partial charge is 0.162 e. The van der Waals surface area contributed by atoms with Crippen LogP contribution in [0.4, 0.5) is 5.69 Å². The van der Waals surface area contributed by atoms with Gasteiger partial charge in [-0.05, 0) is 42.4 Å². The zero-order valence-electron chi connectivity index (χ0n) is 14.5. The van der Waals surface area contributed by atoms with Crippen LogP contribution in [0.25, 0.3) is 22.6 Å². The molecule has 2 aromatic heterocycles. The Bertz CT molecular complexity index is 821. The van der Waals surface area contributed by atoms with Crippen molar-refractivity contribution in [3.63, 3.8) is 0 Å². The maximum atomic E-state index is 5.94. The Morgan fingerprint density at radius 3 is 2.58 bits per heavy atom. The van der Waals surface area contributed by atoms with Crippen molar-refractivity contribution < 1.29 is 4.74 Å². The third kappa shape index (κ3) is 3.83. The Morgan fingerprint density at radius 2 is 1.88 bits per heavy atom. The number of benzene rings is 1. The predicted octanol–water partition coefficient (Wildman–Crippen LogP) is 3.99. The predicted molar refractivity (Wildman–Crippen MR) is 101 cm³/mol. The molecule has 126 valence electrons. The van der Waals surface area contributed by atoms with Gasteiger partial charge in [0.2, 0.25) is 0 Å². The topological polar surface area (TPSA) is 66.0 Å². The third-order valence-corrected chi connectivity index (χ3v) is 5.59. The summed E-state index contributed by atoms with van der Waals surface area (Å²) in [5.41, 5.74) is 9.27. The number of fused-ring (bicyclic) bond motifs is 1. The van der Waals surface area contributed by atoms with E-state index in [1.807, 2.05) is 41.0 Å². The molecule has 3 rings (SSSR count). The second-order valence-electron chi connectivity index (χ2n) is 7.18. The zero-order chi connectivity index (χ0) is 17.2. The van der Waals surface area contributed by atoms with Crippen LogP contribution in [0.1, 0.15) is 0 Å². The molecule has 0 amide bonds. The fourth-order valence-corrected chi connectivity index (χ4v) is 3.22. The highest BCUT2D eigenvalue weighted by Gasteiger charge is 2.15. The summed E-state index contributed by atoms with van der Waals surface area (Å²) in [6, 6.07) is 12.8. The van der Waals surface area contributed by atoms with Crippen LogP contribution in [0, 0.1) is 0 Å². The monoisotopic (exact) mass is 340 g/mol. The first-order valence-electron chi connectivity index (χ1n) is 8.19. The Balaban J connectivity index is 1.89. The second-order valence-corrected chi connectivity index (χ2v) is 12.8. The molecule has 2 heterocycles. The highest BCUT2D eigenvalue weighted by Crippen LogP contribution is 2.24. The molecule has 6 heteroatoms. The molecule has 0 bridgehead atoms. The lowest BCUT2D eigenvalue weighted by Gasteiger charge is -2.16. The lowest BCUT2D eigenvalue weighted by Crippen LogP contribution is -2.22. The highest BCUT2D eigenvalue weighted by atomic mass is 28.3. The quantitative estimate of drug-likeness (QED) is 0.418. The van der Waals surface area contributed by atoms with Crippen molar-refractivity contribution in [1.82, 2.24) is 14.5 Å². The first kappa shape index (κ1) is 16.7. The molecule has 0 spiro atoms. The molecular formula is C18H24N4OSi. The molecule has 0 aliphatic heterocycles. The van der Waals surface area contributed by atoms with Crippen molar-refractivity contribution in [1.29, 1.82) is 0 Å². The largest absolute Gasteiger partial charge is 0.399 e. The molecule has 2 N–H and O–H groups in total. The SMILES string of the molecule is C[Si](C)(C)CCOCn1c(-c2ccc(N)cc2)nc2cccnc21. The average Bonchev–Trinajstić information content (AvgIpc) is 2.90. The second kappa shape index (κ2) is 6.74. The number of rotatable bonds is 6. The average molecular weight is 341 g/mol. The lowest BCUT2D eigenvalue weighted by atomic mass is 10.2. The van der Waals surface area contributed by atoms with Gasteiger partial charge in [-0.1, -0.05) is 19.6 Å². The Kier molecular flexibility index (Phi) is 4.68. The standard InChI is InChI=1S/C18H24N4OSi/c1-24(2,3)12-11-23-13-22-17(14-6-8-15(19)9-7-14)21-16-5-4-10-20-18(16)22/h4-10H,11-13,19H2,1-3H3. The van der Waals surface area contributed by atoms with Crippen molar-refractivity contribution in [3.8, 4) is 11.4 Å². The molecule has 0 saturated carbocycles. The maximum absolute atomic E-state index is 5.94. The number of nitrogen functional groups attached to an aromatic ring is 1. The van der Waals surface area contributed by atoms with E-state index in [0.29, 0.717) is 6.73 Å². The van der Waals surface area contributed by atoms with Crippen LogP contribution >= 0.6 is 0 Å². The third-order valence-electron chi connectivity index (χ3n) is 3.89. The van der Waals surface area contributed by atoms with Crippen molar-refractivity contribution >= 4 is 24.9 Å². The molecule has 0 radical (unpaired) electrons. The molecule has 1 aromatic carbocycles. The Morgan fingerprint density at radius 1 is 1.12 bits per heavy atom. The molecule has 0 unspecified atom stereocenters. The van der Waals surface area contributed by atoms with E-state index in [4.69, 9.17) is 15.5 Å². The van der Waals surface area contributed by atoms with Gasteiger partial charge in [-0.15, -0.1) is 0 Å². The van der Waals surface area contributed by atoms with Crippen LogP contribution in [0.15, 0.2) is 42.6 Å². The number of nitrogens with zero attached hydrogens (tertiary/aromatic N) is 3. The van der Waals surface area contributed by atoms with Gasteiger partial charge >= 0.3 is 0 Å². The molecule has 0 saturated heterocycles. The summed E-state index contributed by atoms with van der Waals surface area (Å²) in [5, 5.41) is 0. The van der Waals surface area contributed by atoms with Crippen molar-refractivity contribution in [2.75, 3.05) is 12.3 Å². The number of aromatic nitrogens is 3. The van der Waals surface area contributed by atoms with E-state index < -0.39 is 8.07 Å². The normalized spacial score (nSPS) is 12.0. The molecule has 0 fully saturated rings. The van der Waals surface area contributed by atoms with Gasteiger partial charge in [-0.2, -0.15) is 0 Å². The summed E-state index contributed by atoms with van der Waals surface area (Å²) in [5.74, 6) is 0.858. The summed E-state index contributed by atoms with van der Waals surface area (Å²) in [6.45, 7) is 8.28. The number of pyridine rings is 1. The number of nitrogens with two attached hydrogens (primary N) is 1. The number of hydrogen-bond donors (Lipinski definition) is 1. The molecule has 0 aliphatic rings. The van der Waals surface area contributed by atoms with Gasteiger partial charge in [0, 0.05) is 32.1 Å². The number of imidazole rings is 1. The van der Waals surface area contributed by atoms with Crippen LogP contribution in [0.2, 0.25) is 25.7 Å². The van der Waals surface area contributed by atoms with Gasteiger partial charge in [0.25, 0.3) is 0 Å². The molecule has 0 aliphatic carbocycles. The first-order valence-corrected chi connectivity index (χ1v) is 11.9. The van der Waals surface area contributed by atoms with Gasteiger partial charge in [0.15, 0.2) is 5.65 Å². The highest BCUT2D eigenvalue weighted by molar-refractivity contribution is 6.76. The fourth-order valence-electron chi connectivity index (χ4n) is 2.47. The van der Waals surface area contributed by atoms with E-state index in [1.165, 1.54) is 0 Å².